The van der Waals surface area contributed by atoms with Gasteiger partial charge in [0.05, 0.1) is 22.4 Å². The molecular weight excluding hydrogens is 773 g/mol. The van der Waals surface area contributed by atoms with Crippen molar-refractivity contribution in [3.05, 3.63) is 230 Å². The second-order valence-electron chi connectivity index (χ2n) is 17.5. The standard InChI is InChI=1S/C62H48N2/c1-3-18-45(19-4-1)53-28-15-21-46-22-16-29-57(62(46)53)55-27-11-14-32-60(55)63(51-38-35-44(36-39-51)48-34-33-43-17-7-8-20-47(43)41-48)58-30-12-9-25-52(58)49-37-40-56-54-26-10-13-31-59(54)64(61(56)42-49)50-23-5-2-6-24-50/h2,5-17,20-42,45H,1,3-4,18-19H2. The van der Waals surface area contributed by atoms with Crippen LogP contribution in [0.3, 0.4) is 0 Å². The van der Waals surface area contributed by atoms with E-state index in [-0.39, 0.29) is 0 Å². The second kappa shape index (κ2) is 16.2. The van der Waals surface area contributed by atoms with Gasteiger partial charge in [0, 0.05) is 33.3 Å². The molecule has 1 aromatic heterocycles. The van der Waals surface area contributed by atoms with Crippen molar-refractivity contribution < 1.29 is 0 Å². The molecule has 1 saturated carbocycles. The molecule has 0 radical (unpaired) electrons. The van der Waals surface area contributed by atoms with Gasteiger partial charge in [-0.2, -0.15) is 0 Å². The highest BCUT2D eigenvalue weighted by Gasteiger charge is 2.24. The number of rotatable bonds is 8. The van der Waals surface area contributed by atoms with E-state index < -0.39 is 0 Å². The third kappa shape index (κ3) is 6.66. The zero-order valence-corrected chi connectivity index (χ0v) is 35.9. The lowest BCUT2D eigenvalue weighted by Crippen LogP contribution is -2.12. The Balaban J connectivity index is 1.07. The van der Waals surface area contributed by atoms with Crippen LogP contribution < -0.4 is 4.90 Å². The zero-order chi connectivity index (χ0) is 42.4. The Morgan fingerprint density at radius 2 is 0.984 bits per heavy atom. The average Bonchev–Trinajstić information content (AvgIpc) is 3.71. The van der Waals surface area contributed by atoms with Crippen molar-refractivity contribution in [2.45, 2.75) is 38.0 Å². The number of benzene rings is 10. The smallest absolute Gasteiger partial charge is 0.0547 e. The topological polar surface area (TPSA) is 8.17 Å². The quantitative estimate of drug-likeness (QED) is 0.148. The number of anilines is 3. The van der Waals surface area contributed by atoms with Crippen molar-refractivity contribution in [1.29, 1.82) is 0 Å². The summed E-state index contributed by atoms with van der Waals surface area (Å²) in [7, 11) is 0. The van der Waals surface area contributed by atoms with Crippen molar-refractivity contribution in [3.63, 3.8) is 0 Å². The Kier molecular flexibility index (Phi) is 9.64. The molecule has 2 nitrogen and oxygen atoms in total. The lowest BCUT2D eigenvalue weighted by atomic mass is 9.80. The Hall–Kier alpha value is -7.68. The molecule has 1 aliphatic carbocycles. The van der Waals surface area contributed by atoms with Crippen LogP contribution in [0.4, 0.5) is 17.1 Å². The van der Waals surface area contributed by atoms with Crippen molar-refractivity contribution in [1.82, 2.24) is 4.57 Å². The number of fused-ring (bicyclic) bond motifs is 5. The molecule has 0 aliphatic heterocycles. The second-order valence-corrected chi connectivity index (χ2v) is 17.5. The molecule has 2 heteroatoms. The Morgan fingerprint density at radius 3 is 1.81 bits per heavy atom. The van der Waals surface area contributed by atoms with Gasteiger partial charge < -0.3 is 9.47 Å². The van der Waals surface area contributed by atoms with Gasteiger partial charge in [-0.3, -0.25) is 0 Å². The molecule has 0 unspecified atom stereocenters. The highest BCUT2D eigenvalue weighted by Crippen LogP contribution is 2.48. The van der Waals surface area contributed by atoms with E-state index in [1.807, 2.05) is 0 Å². The minimum absolute atomic E-state index is 0.576. The third-order valence-corrected chi connectivity index (χ3v) is 13.8. The zero-order valence-electron chi connectivity index (χ0n) is 35.9. The molecule has 306 valence electrons. The maximum Gasteiger partial charge on any atom is 0.0547 e. The molecule has 64 heavy (non-hydrogen) atoms. The van der Waals surface area contributed by atoms with Crippen molar-refractivity contribution >= 4 is 60.4 Å². The summed E-state index contributed by atoms with van der Waals surface area (Å²) in [5.41, 5.74) is 15.7. The Labute approximate surface area is 375 Å². The van der Waals surface area contributed by atoms with Crippen LogP contribution >= 0.6 is 0 Å². The van der Waals surface area contributed by atoms with Gasteiger partial charge in [-0.15, -0.1) is 0 Å². The van der Waals surface area contributed by atoms with E-state index in [1.54, 1.807) is 0 Å². The minimum atomic E-state index is 0.576. The summed E-state index contributed by atoms with van der Waals surface area (Å²) in [6.07, 6.45) is 6.46. The number of hydrogen-bond acceptors (Lipinski definition) is 1. The fraction of sp³-hybridized carbons (Fsp3) is 0.0968. The molecule has 12 rings (SSSR count). The van der Waals surface area contributed by atoms with E-state index in [9.17, 15) is 0 Å². The van der Waals surface area contributed by atoms with Crippen LogP contribution in [-0.2, 0) is 0 Å². The highest BCUT2D eigenvalue weighted by atomic mass is 15.1. The minimum Gasteiger partial charge on any atom is -0.309 e. The number of aromatic nitrogens is 1. The van der Waals surface area contributed by atoms with Crippen molar-refractivity contribution in [2.75, 3.05) is 4.90 Å². The molecule has 0 amide bonds. The SMILES string of the molecule is c1ccc(-n2c3ccccc3c3ccc(-c4ccccc4N(c4ccc(-c5ccc6ccccc6c5)cc4)c4ccccc4-c4cccc5cccc(C6CCCCC6)c45)cc32)cc1. The molecule has 1 fully saturated rings. The molecule has 0 bridgehead atoms. The van der Waals surface area contributed by atoms with Crippen LogP contribution in [0, 0.1) is 0 Å². The van der Waals surface area contributed by atoms with E-state index in [0.29, 0.717) is 5.92 Å². The van der Waals surface area contributed by atoms with Gasteiger partial charge in [0.15, 0.2) is 0 Å². The van der Waals surface area contributed by atoms with Crippen LogP contribution in [0.15, 0.2) is 224 Å². The van der Waals surface area contributed by atoms with E-state index in [1.165, 1.54) is 114 Å². The maximum absolute atomic E-state index is 2.51. The van der Waals surface area contributed by atoms with Crippen LogP contribution in [0.2, 0.25) is 0 Å². The van der Waals surface area contributed by atoms with Crippen LogP contribution in [0.25, 0.3) is 82.4 Å². The number of para-hydroxylation sites is 4. The largest absolute Gasteiger partial charge is 0.309 e. The fourth-order valence-corrected chi connectivity index (χ4v) is 10.7. The van der Waals surface area contributed by atoms with Gasteiger partial charge in [0.25, 0.3) is 0 Å². The van der Waals surface area contributed by atoms with Gasteiger partial charge in [0.1, 0.15) is 0 Å². The molecule has 1 heterocycles. The summed E-state index contributed by atoms with van der Waals surface area (Å²) >= 11 is 0. The fourth-order valence-electron chi connectivity index (χ4n) is 10.7. The van der Waals surface area contributed by atoms with Crippen LogP contribution in [-0.4, -0.2) is 4.57 Å². The molecular formula is C62H48N2. The van der Waals surface area contributed by atoms with Gasteiger partial charge in [0.2, 0.25) is 0 Å². The van der Waals surface area contributed by atoms with Gasteiger partial charge >= 0.3 is 0 Å². The summed E-state index contributed by atoms with van der Waals surface area (Å²) in [6, 6.07) is 83.1. The predicted molar refractivity (Wildman–Crippen MR) is 273 cm³/mol. The third-order valence-electron chi connectivity index (χ3n) is 13.8. The van der Waals surface area contributed by atoms with E-state index >= 15 is 0 Å². The van der Waals surface area contributed by atoms with Crippen LogP contribution in [0.5, 0.6) is 0 Å². The summed E-state index contributed by atoms with van der Waals surface area (Å²) in [4.78, 5) is 2.51. The summed E-state index contributed by atoms with van der Waals surface area (Å²) in [5.74, 6) is 0.576. The maximum atomic E-state index is 2.51. The lowest BCUT2D eigenvalue weighted by Gasteiger charge is -2.31. The monoisotopic (exact) mass is 820 g/mol. The molecule has 0 saturated heterocycles. The van der Waals surface area contributed by atoms with Gasteiger partial charge in [-0.1, -0.05) is 189 Å². The lowest BCUT2D eigenvalue weighted by molar-refractivity contribution is 0.445. The first kappa shape index (κ1) is 38.0. The first-order valence-corrected chi connectivity index (χ1v) is 23.0. The Morgan fingerprint density at radius 1 is 0.375 bits per heavy atom. The van der Waals surface area contributed by atoms with E-state index in [2.05, 4.69) is 234 Å². The molecule has 11 aromatic rings. The number of hydrogen-bond donors (Lipinski definition) is 0. The summed E-state index contributed by atoms with van der Waals surface area (Å²) in [5, 5.41) is 7.71. The molecule has 0 N–H and O–H groups in total. The van der Waals surface area contributed by atoms with Crippen LogP contribution in [0.1, 0.15) is 43.6 Å². The van der Waals surface area contributed by atoms with Crippen molar-refractivity contribution in [2.24, 2.45) is 0 Å². The van der Waals surface area contributed by atoms with E-state index in [4.69, 9.17) is 0 Å². The first-order valence-electron chi connectivity index (χ1n) is 23.0. The molecule has 0 atom stereocenters. The van der Waals surface area contributed by atoms with Gasteiger partial charge in [-0.05, 0) is 123 Å². The summed E-state index contributed by atoms with van der Waals surface area (Å²) in [6.45, 7) is 0. The van der Waals surface area contributed by atoms with Crippen molar-refractivity contribution in [3.8, 4) is 39.1 Å². The molecule has 1 aliphatic rings. The number of nitrogens with zero attached hydrogens (tertiary/aromatic N) is 2. The molecule has 0 spiro atoms. The van der Waals surface area contributed by atoms with E-state index in [0.717, 1.165) is 22.7 Å². The average molecular weight is 821 g/mol. The normalized spacial score (nSPS) is 13.2. The predicted octanol–water partition coefficient (Wildman–Crippen LogP) is 17.6. The first-order chi connectivity index (χ1) is 31.8. The van der Waals surface area contributed by atoms with Gasteiger partial charge in [-0.25, -0.2) is 0 Å². The Bertz CT molecular complexity index is 3470. The summed E-state index contributed by atoms with van der Waals surface area (Å²) < 4.78 is 2.42. The highest BCUT2D eigenvalue weighted by molar-refractivity contribution is 6.11. The molecule has 10 aromatic carbocycles.